The van der Waals surface area contributed by atoms with Gasteiger partial charge in [0.1, 0.15) is 5.15 Å². The molecule has 0 amide bonds. The van der Waals surface area contributed by atoms with Gasteiger partial charge in [-0.05, 0) is 24.5 Å². The Balaban J connectivity index is 2.41. The van der Waals surface area contributed by atoms with Crippen LogP contribution in [0.25, 0.3) is 12.2 Å². The van der Waals surface area contributed by atoms with Crippen molar-refractivity contribution < 1.29 is 9.90 Å². The lowest BCUT2D eigenvalue weighted by Gasteiger charge is -2.08. The van der Waals surface area contributed by atoms with E-state index >= 15 is 0 Å². The Bertz CT molecular complexity index is 766. The quantitative estimate of drug-likeness (QED) is 0.906. The molecule has 0 unspecified atom stereocenters. The van der Waals surface area contributed by atoms with Crippen molar-refractivity contribution in [3.63, 3.8) is 0 Å². The summed E-state index contributed by atoms with van der Waals surface area (Å²) in [6.07, 6.45) is 5.64. The van der Waals surface area contributed by atoms with Gasteiger partial charge in [0.15, 0.2) is 5.82 Å². The Morgan fingerprint density at radius 2 is 2.13 bits per heavy atom. The zero-order valence-electron chi connectivity index (χ0n) is 13.5. The van der Waals surface area contributed by atoms with Gasteiger partial charge in [0.2, 0.25) is 0 Å². The first kappa shape index (κ1) is 17.1. The number of aromatic carboxylic acids is 1. The molecule has 0 saturated carbocycles. The van der Waals surface area contributed by atoms with Gasteiger partial charge in [0.25, 0.3) is 0 Å². The van der Waals surface area contributed by atoms with Crippen molar-refractivity contribution in [1.29, 1.82) is 0 Å². The third-order valence-electron chi connectivity index (χ3n) is 3.44. The molecular formula is C16H19ClN4O2. The van der Waals surface area contributed by atoms with Crippen LogP contribution in [0.3, 0.4) is 0 Å². The highest BCUT2D eigenvalue weighted by atomic mass is 35.5. The number of nitrogens with zero attached hydrogens (tertiary/aromatic N) is 4. The number of aromatic nitrogens is 4. The number of hydrogen-bond acceptors (Lipinski definition) is 4. The molecule has 7 heteroatoms. The first-order valence-corrected chi connectivity index (χ1v) is 7.72. The number of aryl methyl sites for hydroxylation is 2. The topological polar surface area (TPSA) is 80.9 Å². The van der Waals surface area contributed by atoms with Crippen LogP contribution in [-0.4, -0.2) is 30.8 Å². The van der Waals surface area contributed by atoms with E-state index in [1.54, 1.807) is 17.8 Å². The summed E-state index contributed by atoms with van der Waals surface area (Å²) in [7, 11) is 1.79. The third-order valence-corrected chi connectivity index (χ3v) is 3.88. The number of halogens is 1. The van der Waals surface area contributed by atoms with E-state index < -0.39 is 5.97 Å². The Morgan fingerprint density at radius 3 is 2.70 bits per heavy atom. The van der Waals surface area contributed by atoms with Crippen molar-refractivity contribution in [1.82, 2.24) is 19.7 Å². The number of carboxylic acids is 1. The van der Waals surface area contributed by atoms with Crippen LogP contribution in [0.15, 0.2) is 6.20 Å². The lowest BCUT2D eigenvalue weighted by molar-refractivity contribution is 0.0694. The summed E-state index contributed by atoms with van der Waals surface area (Å²) in [5, 5.41) is 14.1. The van der Waals surface area contributed by atoms with E-state index in [-0.39, 0.29) is 11.5 Å². The van der Waals surface area contributed by atoms with Crippen molar-refractivity contribution in [3.05, 3.63) is 39.7 Å². The second-order valence-corrected chi connectivity index (χ2v) is 5.81. The van der Waals surface area contributed by atoms with E-state index in [0.717, 1.165) is 17.7 Å². The average molecular weight is 335 g/mol. The molecule has 2 heterocycles. The minimum Gasteiger partial charge on any atom is -0.478 e. The van der Waals surface area contributed by atoms with Crippen molar-refractivity contribution in [2.45, 2.75) is 33.1 Å². The molecule has 0 aliphatic carbocycles. The van der Waals surface area contributed by atoms with Crippen LogP contribution in [-0.2, 0) is 13.5 Å². The molecule has 23 heavy (non-hydrogen) atoms. The van der Waals surface area contributed by atoms with E-state index in [9.17, 15) is 9.90 Å². The molecule has 0 saturated heterocycles. The molecule has 0 radical (unpaired) electrons. The largest absolute Gasteiger partial charge is 0.478 e. The van der Waals surface area contributed by atoms with Gasteiger partial charge in [-0.25, -0.2) is 14.8 Å². The second kappa shape index (κ2) is 6.91. The molecule has 2 rings (SSSR count). The summed E-state index contributed by atoms with van der Waals surface area (Å²) < 4.78 is 1.62. The van der Waals surface area contributed by atoms with Crippen LogP contribution in [0.2, 0.25) is 5.15 Å². The smallest absolute Gasteiger partial charge is 0.339 e. The Kier molecular flexibility index (Phi) is 5.15. The summed E-state index contributed by atoms with van der Waals surface area (Å²) in [6.45, 7) is 5.80. The fourth-order valence-electron chi connectivity index (χ4n) is 2.25. The summed E-state index contributed by atoms with van der Waals surface area (Å²) in [4.78, 5) is 19.7. The highest BCUT2D eigenvalue weighted by Crippen LogP contribution is 2.22. The Morgan fingerprint density at radius 1 is 1.43 bits per heavy atom. The fourth-order valence-corrected chi connectivity index (χ4v) is 2.46. The van der Waals surface area contributed by atoms with Gasteiger partial charge in [0.05, 0.1) is 17.0 Å². The van der Waals surface area contributed by atoms with Gasteiger partial charge in [-0.1, -0.05) is 32.4 Å². The lowest BCUT2D eigenvalue weighted by Crippen LogP contribution is -2.08. The maximum atomic E-state index is 11.2. The van der Waals surface area contributed by atoms with Crippen molar-refractivity contribution in [2.75, 3.05) is 0 Å². The summed E-state index contributed by atoms with van der Waals surface area (Å²) in [5.41, 5.74) is 2.36. The third kappa shape index (κ3) is 3.59. The van der Waals surface area contributed by atoms with Gasteiger partial charge in [-0.2, -0.15) is 5.10 Å². The molecule has 2 aromatic heterocycles. The molecule has 1 N–H and O–H groups in total. The number of carbonyl (C=O) groups is 1. The maximum Gasteiger partial charge on any atom is 0.339 e. The molecule has 0 aliphatic rings. The van der Waals surface area contributed by atoms with E-state index in [4.69, 9.17) is 11.6 Å². The van der Waals surface area contributed by atoms with Crippen molar-refractivity contribution in [3.8, 4) is 0 Å². The number of hydrogen-bond donors (Lipinski definition) is 1. The average Bonchev–Trinajstić information content (AvgIpc) is 2.79. The van der Waals surface area contributed by atoms with E-state index in [1.807, 2.05) is 26.8 Å². The number of rotatable bonds is 5. The molecule has 0 aliphatic heterocycles. The van der Waals surface area contributed by atoms with E-state index in [1.165, 1.54) is 6.20 Å². The highest BCUT2D eigenvalue weighted by Gasteiger charge is 2.16. The zero-order chi connectivity index (χ0) is 17.1. The summed E-state index contributed by atoms with van der Waals surface area (Å²) in [5.74, 6) is -0.585. The SMILES string of the molecule is CCc1nn(C)c(Cl)c1C=Cc1ncc(C(=O)O)c(C(C)C)n1. The van der Waals surface area contributed by atoms with Crippen LogP contribution in [0, 0.1) is 0 Å². The minimum atomic E-state index is -1.02. The van der Waals surface area contributed by atoms with Gasteiger partial charge >= 0.3 is 5.97 Å². The van der Waals surface area contributed by atoms with Crippen LogP contribution in [0.5, 0.6) is 0 Å². The van der Waals surface area contributed by atoms with E-state index in [0.29, 0.717) is 16.7 Å². The standard InChI is InChI=1S/C16H19ClN4O2/c1-5-12-10(15(17)21(4)20-12)6-7-13-18-8-11(16(22)23)14(19-13)9(2)3/h6-9H,5H2,1-4H3,(H,22,23). The lowest BCUT2D eigenvalue weighted by atomic mass is 10.1. The monoisotopic (exact) mass is 334 g/mol. The van der Waals surface area contributed by atoms with Gasteiger partial charge in [-0.15, -0.1) is 0 Å². The van der Waals surface area contributed by atoms with Crippen LogP contribution in [0.4, 0.5) is 0 Å². The van der Waals surface area contributed by atoms with Crippen LogP contribution < -0.4 is 0 Å². The zero-order valence-corrected chi connectivity index (χ0v) is 14.3. The second-order valence-electron chi connectivity index (χ2n) is 5.45. The van der Waals surface area contributed by atoms with Gasteiger partial charge < -0.3 is 5.11 Å². The molecule has 122 valence electrons. The van der Waals surface area contributed by atoms with Crippen LogP contribution >= 0.6 is 11.6 Å². The fraction of sp³-hybridized carbons (Fsp3) is 0.375. The highest BCUT2D eigenvalue weighted by molar-refractivity contribution is 6.31. The molecule has 6 nitrogen and oxygen atoms in total. The summed E-state index contributed by atoms with van der Waals surface area (Å²) in [6, 6.07) is 0. The van der Waals surface area contributed by atoms with Crippen molar-refractivity contribution >= 4 is 29.7 Å². The van der Waals surface area contributed by atoms with Crippen LogP contribution in [0.1, 0.15) is 59.8 Å². The first-order valence-electron chi connectivity index (χ1n) is 7.34. The molecule has 0 fully saturated rings. The molecule has 0 aromatic carbocycles. The molecule has 0 atom stereocenters. The minimum absolute atomic E-state index is 0.00978. The predicted molar refractivity (Wildman–Crippen MR) is 89.6 cm³/mol. The first-order chi connectivity index (χ1) is 10.8. The Labute approximate surface area is 139 Å². The molecule has 2 aromatic rings. The normalized spacial score (nSPS) is 11.6. The molecular weight excluding hydrogens is 316 g/mol. The molecule has 0 spiro atoms. The van der Waals surface area contributed by atoms with E-state index in [2.05, 4.69) is 15.1 Å². The number of carboxylic acid groups (broad SMARTS) is 1. The summed E-state index contributed by atoms with van der Waals surface area (Å²) >= 11 is 6.24. The van der Waals surface area contributed by atoms with Gasteiger partial charge in [-0.3, -0.25) is 4.68 Å². The molecule has 0 bridgehead atoms. The maximum absolute atomic E-state index is 11.2. The Hall–Kier alpha value is -2.21. The van der Waals surface area contributed by atoms with Crippen molar-refractivity contribution in [2.24, 2.45) is 7.05 Å². The predicted octanol–water partition coefficient (Wildman–Crippen LogP) is 3.42. The van der Waals surface area contributed by atoms with Gasteiger partial charge in [0, 0.05) is 18.8 Å².